The molecule has 3 aromatic carbocycles. The van der Waals surface area contributed by atoms with Crippen molar-refractivity contribution in [3.05, 3.63) is 107 Å². The number of benzene rings is 3. The van der Waals surface area contributed by atoms with Crippen LogP contribution < -0.4 is 15.4 Å². The van der Waals surface area contributed by atoms with E-state index in [1.165, 1.54) is 6.07 Å². The van der Waals surface area contributed by atoms with Crippen molar-refractivity contribution in [2.24, 2.45) is 5.92 Å². The maximum absolute atomic E-state index is 14.2. The highest BCUT2D eigenvalue weighted by molar-refractivity contribution is 6.03. The molecule has 0 unspecified atom stereocenters. The van der Waals surface area contributed by atoms with Crippen LogP contribution in [0, 0.1) is 11.7 Å². The summed E-state index contributed by atoms with van der Waals surface area (Å²) in [5, 5.41) is 5.82. The van der Waals surface area contributed by atoms with Gasteiger partial charge in [0.1, 0.15) is 23.4 Å². The lowest BCUT2D eigenvalue weighted by Crippen LogP contribution is -2.49. The Balaban J connectivity index is 1.43. The van der Waals surface area contributed by atoms with Crippen LogP contribution in [0.5, 0.6) is 11.5 Å². The second-order valence-electron chi connectivity index (χ2n) is 10.9. The number of likely N-dealkylation sites (N-methyl/N-ethyl adjacent to an activating group) is 1. The van der Waals surface area contributed by atoms with Gasteiger partial charge in [0.05, 0.1) is 23.9 Å². The molecule has 3 aromatic rings. The van der Waals surface area contributed by atoms with Crippen molar-refractivity contribution in [1.29, 1.82) is 0 Å². The van der Waals surface area contributed by atoms with E-state index in [2.05, 4.69) is 10.6 Å². The number of amides is 4. The molecule has 4 amide bonds. The fraction of sp³-hybridized carbons (Fsp3) is 0.303. The van der Waals surface area contributed by atoms with Crippen LogP contribution in [0.3, 0.4) is 0 Å². The van der Waals surface area contributed by atoms with Crippen LogP contribution in [-0.2, 0) is 16.1 Å². The molecule has 2 aliphatic heterocycles. The molecule has 0 saturated heterocycles. The van der Waals surface area contributed by atoms with E-state index in [1.54, 1.807) is 28.0 Å². The van der Waals surface area contributed by atoms with Gasteiger partial charge in [-0.1, -0.05) is 62.4 Å². The molecule has 2 aliphatic rings. The number of urea groups is 1. The van der Waals surface area contributed by atoms with E-state index in [9.17, 15) is 18.8 Å². The summed E-state index contributed by atoms with van der Waals surface area (Å²) in [6.07, 6.45) is 0.411. The third kappa shape index (κ3) is 6.00. The van der Waals surface area contributed by atoms with Crippen LogP contribution in [0.2, 0.25) is 0 Å². The molecule has 0 fully saturated rings. The van der Waals surface area contributed by atoms with Crippen LogP contribution in [0.4, 0.5) is 9.18 Å². The minimum absolute atomic E-state index is 0.00718. The lowest BCUT2D eigenvalue weighted by atomic mass is 9.95. The normalized spacial score (nSPS) is 17.3. The first-order chi connectivity index (χ1) is 20.3. The maximum Gasteiger partial charge on any atom is 0.322 e. The monoisotopic (exact) mass is 570 g/mol. The molecule has 5 rings (SSSR count). The maximum atomic E-state index is 14.2. The Kier molecular flexibility index (Phi) is 8.56. The van der Waals surface area contributed by atoms with Crippen LogP contribution in [0.15, 0.2) is 90.1 Å². The molecule has 0 radical (unpaired) electrons. The summed E-state index contributed by atoms with van der Waals surface area (Å²) in [5.74, 6) is 0.258. The van der Waals surface area contributed by atoms with Gasteiger partial charge in [-0.3, -0.25) is 14.5 Å². The summed E-state index contributed by atoms with van der Waals surface area (Å²) in [7, 11) is 0. The highest BCUT2D eigenvalue weighted by Gasteiger charge is 2.47. The number of hydrogen-bond acceptors (Lipinski definition) is 4. The van der Waals surface area contributed by atoms with E-state index in [-0.39, 0.29) is 36.9 Å². The lowest BCUT2D eigenvalue weighted by Gasteiger charge is -2.33. The summed E-state index contributed by atoms with van der Waals surface area (Å²) in [5.41, 5.74) is 2.08. The zero-order valence-electron chi connectivity index (χ0n) is 24.0. The second kappa shape index (κ2) is 12.5. The molecular formula is C33H35FN4O4. The van der Waals surface area contributed by atoms with Gasteiger partial charge in [-0.2, -0.15) is 0 Å². The van der Waals surface area contributed by atoms with Gasteiger partial charge in [0.2, 0.25) is 5.91 Å². The zero-order valence-corrected chi connectivity index (χ0v) is 24.0. The Morgan fingerprint density at radius 3 is 2.45 bits per heavy atom. The number of halogens is 1. The summed E-state index contributed by atoms with van der Waals surface area (Å²) in [6.45, 7) is 6.30. The van der Waals surface area contributed by atoms with Gasteiger partial charge in [0.15, 0.2) is 0 Å². The molecular weight excluding hydrogens is 535 g/mol. The lowest BCUT2D eigenvalue weighted by molar-refractivity contribution is -0.137. The molecule has 8 nitrogen and oxygen atoms in total. The van der Waals surface area contributed by atoms with Gasteiger partial charge < -0.3 is 20.3 Å². The largest absolute Gasteiger partial charge is 0.457 e. The Hall–Kier alpha value is -4.66. The molecule has 0 aromatic heterocycles. The van der Waals surface area contributed by atoms with E-state index >= 15 is 0 Å². The topological polar surface area (TPSA) is 91.0 Å². The predicted octanol–water partition coefficient (Wildman–Crippen LogP) is 5.53. The van der Waals surface area contributed by atoms with E-state index in [1.807, 2.05) is 75.4 Å². The molecule has 2 N–H and O–H groups in total. The summed E-state index contributed by atoms with van der Waals surface area (Å²) >= 11 is 0. The van der Waals surface area contributed by atoms with Crippen LogP contribution in [0.1, 0.15) is 44.4 Å². The number of carbonyl (C=O) groups excluding carboxylic acids is 3. The van der Waals surface area contributed by atoms with Crippen molar-refractivity contribution in [2.45, 2.75) is 45.8 Å². The number of para-hydroxylation sites is 1. The molecule has 2 heterocycles. The number of hydrogen-bond donors (Lipinski definition) is 2. The first-order valence-electron chi connectivity index (χ1n) is 14.2. The Morgan fingerprint density at radius 1 is 1.02 bits per heavy atom. The van der Waals surface area contributed by atoms with Gasteiger partial charge in [-0.25, -0.2) is 9.18 Å². The standard InChI is InChI=1S/C33H35FN4O4/c1-4-37-28-20-38(27(17-21(2)3)31(39)35-19-23-11-8-9-16-26(23)34)32(40)29(28)30(36-33(37)41)22-12-10-15-25(18-22)42-24-13-6-5-7-14-24/h5-16,18,21,27,30H,4,17,19-20H2,1-3H3,(H,35,39)(H,36,41)/t27-,30-/m0/s1. The fourth-order valence-electron chi connectivity index (χ4n) is 5.50. The first kappa shape index (κ1) is 28.9. The first-order valence-corrected chi connectivity index (χ1v) is 14.2. The summed E-state index contributed by atoms with van der Waals surface area (Å²) < 4.78 is 20.2. The molecule has 218 valence electrons. The van der Waals surface area contributed by atoms with E-state index in [4.69, 9.17) is 4.74 Å². The minimum atomic E-state index is -0.794. The molecule has 0 spiro atoms. The van der Waals surface area contributed by atoms with Crippen molar-refractivity contribution in [3.8, 4) is 11.5 Å². The fourth-order valence-corrected chi connectivity index (χ4v) is 5.50. The quantitative estimate of drug-likeness (QED) is 0.335. The molecule has 42 heavy (non-hydrogen) atoms. The van der Waals surface area contributed by atoms with E-state index in [0.717, 1.165) is 0 Å². The van der Waals surface area contributed by atoms with E-state index < -0.39 is 17.9 Å². The van der Waals surface area contributed by atoms with Crippen molar-refractivity contribution in [2.75, 3.05) is 13.1 Å². The van der Waals surface area contributed by atoms with Gasteiger partial charge in [0, 0.05) is 18.7 Å². The van der Waals surface area contributed by atoms with Crippen LogP contribution >= 0.6 is 0 Å². The van der Waals surface area contributed by atoms with Crippen molar-refractivity contribution in [3.63, 3.8) is 0 Å². The minimum Gasteiger partial charge on any atom is -0.457 e. The Morgan fingerprint density at radius 2 is 1.74 bits per heavy atom. The average Bonchev–Trinajstić information content (AvgIpc) is 3.31. The highest BCUT2D eigenvalue weighted by atomic mass is 19.1. The van der Waals surface area contributed by atoms with Crippen molar-refractivity contribution in [1.82, 2.24) is 20.4 Å². The van der Waals surface area contributed by atoms with Gasteiger partial charge in [0.25, 0.3) is 5.91 Å². The SMILES string of the molecule is CCN1C(=O)N[C@@H](c2cccc(Oc3ccccc3)c2)C2=C1CN([C@@H](CC(C)C)C(=O)NCc1ccccc1F)C2=O. The highest BCUT2D eigenvalue weighted by Crippen LogP contribution is 2.38. The molecule has 0 aliphatic carbocycles. The van der Waals surface area contributed by atoms with Gasteiger partial charge >= 0.3 is 6.03 Å². The van der Waals surface area contributed by atoms with Gasteiger partial charge in [-0.15, -0.1) is 0 Å². The predicted molar refractivity (Wildman–Crippen MR) is 157 cm³/mol. The molecule has 2 atom stereocenters. The van der Waals surface area contributed by atoms with Crippen molar-refractivity contribution < 1.29 is 23.5 Å². The Bertz CT molecular complexity index is 1510. The van der Waals surface area contributed by atoms with Crippen LogP contribution in [-0.4, -0.2) is 46.8 Å². The molecule has 9 heteroatoms. The van der Waals surface area contributed by atoms with E-state index in [0.29, 0.717) is 46.9 Å². The second-order valence-corrected chi connectivity index (χ2v) is 10.9. The molecule has 0 bridgehead atoms. The molecule has 0 saturated carbocycles. The third-order valence-corrected chi connectivity index (χ3v) is 7.52. The average molecular weight is 571 g/mol. The Labute approximate surface area is 245 Å². The van der Waals surface area contributed by atoms with Gasteiger partial charge in [-0.05, 0) is 55.2 Å². The number of rotatable bonds is 10. The number of nitrogens with one attached hydrogen (secondary N) is 2. The number of ether oxygens (including phenoxy) is 1. The summed E-state index contributed by atoms with van der Waals surface area (Å²) in [4.78, 5) is 44.0. The smallest absolute Gasteiger partial charge is 0.322 e. The van der Waals surface area contributed by atoms with Crippen LogP contribution in [0.25, 0.3) is 0 Å². The van der Waals surface area contributed by atoms with Crippen molar-refractivity contribution >= 4 is 17.8 Å². The zero-order chi connectivity index (χ0) is 29.8. The number of nitrogens with zero attached hydrogens (tertiary/aromatic N) is 2. The number of carbonyl (C=O) groups is 3. The summed E-state index contributed by atoms with van der Waals surface area (Å²) in [6, 6.07) is 21.1. The third-order valence-electron chi connectivity index (χ3n) is 7.52.